The quantitative estimate of drug-likeness (QED) is 0.376. The summed E-state index contributed by atoms with van der Waals surface area (Å²) in [6.45, 7) is 11.1. The second-order valence-electron chi connectivity index (χ2n) is 8.90. The molecule has 1 aromatic carbocycles. The third-order valence-electron chi connectivity index (χ3n) is 5.96. The standard InChI is InChI=1S/C25H25N3O.C6H14O/c1-3-4-12-24-22(16-25(29)28-18(2)27-24)15-19-8-7-10-20(14-13-19)23-11-6-5-9-21(23)17-26;1-4-6(3)7-5-2/h5-6,8-11,13-14H,3-4,12,15-16H2,1-2H3,(H,27,28,29);6H,4-5H2,1-3H3. The van der Waals surface area contributed by atoms with Crippen molar-refractivity contribution in [2.24, 2.45) is 4.99 Å². The van der Waals surface area contributed by atoms with Crippen LogP contribution in [-0.4, -0.2) is 24.5 Å². The van der Waals surface area contributed by atoms with Gasteiger partial charge in [0.05, 0.1) is 24.2 Å². The maximum atomic E-state index is 12.2. The van der Waals surface area contributed by atoms with Gasteiger partial charge in [-0.3, -0.25) is 4.79 Å². The van der Waals surface area contributed by atoms with Crippen LogP contribution in [-0.2, 0) is 9.53 Å². The van der Waals surface area contributed by atoms with E-state index in [-0.39, 0.29) is 5.91 Å². The monoisotopic (exact) mass is 485 g/mol. The highest BCUT2D eigenvalue weighted by atomic mass is 16.5. The number of aliphatic imine (C=N–C) groups is 1. The Morgan fingerprint density at radius 3 is 2.64 bits per heavy atom. The Labute approximate surface area is 216 Å². The molecular formula is C31H39N3O2. The predicted octanol–water partition coefficient (Wildman–Crippen LogP) is 7.19. The van der Waals surface area contributed by atoms with Crippen LogP contribution in [0.4, 0.5) is 0 Å². The first-order valence-corrected chi connectivity index (χ1v) is 12.9. The first-order valence-electron chi connectivity index (χ1n) is 12.9. The molecule has 0 spiro atoms. The number of carbonyl (C=O) groups is 1. The van der Waals surface area contributed by atoms with Crippen LogP contribution in [0.5, 0.6) is 0 Å². The molecule has 0 bridgehead atoms. The Morgan fingerprint density at radius 2 is 1.97 bits per heavy atom. The van der Waals surface area contributed by atoms with E-state index in [0.717, 1.165) is 60.3 Å². The zero-order chi connectivity index (χ0) is 26.3. The van der Waals surface area contributed by atoms with Gasteiger partial charge >= 0.3 is 0 Å². The predicted molar refractivity (Wildman–Crippen MR) is 148 cm³/mol. The first-order chi connectivity index (χ1) is 17.4. The fourth-order valence-electron chi connectivity index (χ4n) is 3.88. The average molecular weight is 486 g/mol. The van der Waals surface area contributed by atoms with Crippen molar-refractivity contribution in [2.45, 2.75) is 79.2 Å². The molecule has 1 aromatic rings. The summed E-state index contributed by atoms with van der Waals surface area (Å²) in [5, 5.41) is 12.2. The molecule has 1 heterocycles. The van der Waals surface area contributed by atoms with Gasteiger partial charge in [-0.05, 0) is 81.4 Å². The van der Waals surface area contributed by atoms with Crippen LogP contribution in [0.15, 0.2) is 76.1 Å². The van der Waals surface area contributed by atoms with Crippen LogP contribution >= 0.6 is 0 Å². The van der Waals surface area contributed by atoms with E-state index >= 15 is 0 Å². The summed E-state index contributed by atoms with van der Waals surface area (Å²) in [6, 6.07) is 9.80. The minimum absolute atomic E-state index is 0.0133. The van der Waals surface area contributed by atoms with Gasteiger partial charge in [-0.1, -0.05) is 50.6 Å². The molecule has 5 nitrogen and oxygen atoms in total. The molecule has 0 radical (unpaired) electrons. The van der Waals surface area contributed by atoms with Gasteiger partial charge in [0.15, 0.2) is 0 Å². The molecule has 1 N–H and O–H groups in total. The van der Waals surface area contributed by atoms with E-state index < -0.39 is 0 Å². The first kappa shape index (κ1) is 28.8. The Morgan fingerprint density at radius 1 is 1.19 bits per heavy atom. The second-order valence-corrected chi connectivity index (χ2v) is 8.90. The molecule has 0 fully saturated rings. The van der Waals surface area contributed by atoms with Gasteiger partial charge in [-0.25, -0.2) is 4.99 Å². The highest BCUT2D eigenvalue weighted by Crippen LogP contribution is 2.28. The number of nitrogens with zero attached hydrogens (tertiary/aromatic N) is 2. The van der Waals surface area contributed by atoms with E-state index in [1.807, 2.05) is 62.4 Å². The van der Waals surface area contributed by atoms with Crippen molar-refractivity contribution in [1.29, 1.82) is 5.26 Å². The molecule has 1 unspecified atom stereocenters. The smallest absolute Gasteiger partial charge is 0.229 e. The molecule has 5 heteroatoms. The normalized spacial score (nSPS) is 15.9. The molecule has 0 saturated heterocycles. The Hall–Kier alpha value is -3.45. The number of carbonyl (C=O) groups excluding carboxylic acids is 1. The summed E-state index contributed by atoms with van der Waals surface area (Å²) in [5.74, 6) is 0.650. The van der Waals surface area contributed by atoms with Gasteiger partial charge in [-0.2, -0.15) is 5.26 Å². The molecule has 1 atom stereocenters. The van der Waals surface area contributed by atoms with Crippen molar-refractivity contribution in [3.8, 4) is 6.07 Å². The maximum absolute atomic E-state index is 12.2. The summed E-state index contributed by atoms with van der Waals surface area (Å²) in [7, 11) is 0. The van der Waals surface area contributed by atoms with Crippen molar-refractivity contribution >= 4 is 17.3 Å². The van der Waals surface area contributed by atoms with Gasteiger partial charge in [0.1, 0.15) is 5.84 Å². The number of amidine groups is 1. The van der Waals surface area contributed by atoms with Gasteiger partial charge in [0.2, 0.25) is 5.91 Å². The van der Waals surface area contributed by atoms with Gasteiger partial charge in [0, 0.05) is 17.9 Å². The Kier molecular flexibility index (Phi) is 12.4. The number of rotatable bonds is 9. The van der Waals surface area contributed by atoms with E-state index in [1.54, 1.807) is 0 Å². The molecule has 36 heavy (non-hydrogen) atoms. The average Bonchev–Trinajstić information content (AvgIpc) is 3.18. The third kappa shape index (κ3) is 9.30. The molecule has 1 aliphatic carbocycles. The lowest BCUT2D eigenvalue weighted by Gasteiger charge is -2.10. The fraction of sp³-hybridized carbons (Fsp3) is 0.419. The Bertz CT molecular complexity index is 1140. The van der Waals surface area contributed by atoms with Crippen molar-refractivity contribution < 1.29 is 9.53 Å². The molecule has 3 rings (SSSR count). The number of hydrogen-bond acceptors (Lipinski definition) is 4. The molecule has 0 aromatic heterocycles. The second kappa shape index (κ2) is 15.5. The lowest BCUT2D eigenvalue weighted by molar-refractivity contribution is -0.119. The summed E-state index contributed by atoms with van der Waals surface area (Å²) in [4.78, 5) is 16.9. The fourth-order valence-corrected chi connectivity index (χ4v) is 3.88. The van der Waals surface area contributed by atoms with Gasteiger partial charge in [0.25, 0.3) is 0 Å². The number of amides is 1. The minimum atomic E-state index is -0.0133. The van der Waals surface area contributed by atoms with E-state index in [9.17, 15) is 10.1 Å². The number of allylic oxidation sites excluding steroid dienone is 6. The van der Waals surface area contributed by atoms with Crippen molar-refractivity contribution in [3.05, 3.63) is 82.3 Å². The number of nitrogens with one attached hydrogen (secondary N) is 1. The molecule has 190 valence electrons. The molecule has 2 aliphatic rings. The highest BCUT2D eigenvalue weighted by molar-refractivity contribution is 5.99. The van der Waals surface area contributed by atoms with Gasteiger partial charge < -0.3 is 10.1 Å². The van der Waals surface area contributed by atoms with Crippen molar-refractivity contribution in [3.63, 3.8) is 0 Å². The van der Waals surface area contributed by atoms with Crippen molar-refractivity contribution in [1.82, 2.24) is 5.32 Å². The number of ether oxygens (including phenoxy) is 1. The Balaban J connectivity index is 0.000000572. The molecular weight excluding hydrogens is 446 g/mol. The number of hydrogen-bond donors (Lipinski definition) is 1. The lowest BCUT2D eigenvalue weighted by Crippen LogP contribution is -2.26. The van der Waals surface area contributed by atoms with E-state index in [1.165, 1.54) is 0 Å². The van der Waals surface area contributed by atoms with Crippen LogP contribution in [0, 0.1) is 11.3 Å². The summed E-state index contributed by atoms with van der Waals surface area (Å²) >= 11 is 0. The third-order valence-corrected chi connectivity index (χ3v) is 5.96. The SMILES string of the molecule is CCCCC1=C(CC2=CC=C(c3ccccc3C#N)C=C=C2)CC(=O)NC(C)=N1.CCOC(C)CC. The largest absolute Gasteiger partial charge is 0.379 e. The van der Waals surface area contributed by atoms with Crippen LogP contribution < -0.4 is 5.32 Å². The molecule has 0 saturated carbocycles. The minimum Gasteiger partial charge on any atom is -0.379 e. The zero-order valence-corrected chi connectivity index (χ0v) is 22.4. The van der Waals surface area contributed by atoms with Crippen LogP contribution in [0.1, 0.15) is 84.3 Å². The number of unbranched alkanes of at least 4 members (excludes halogenated alkanes) is 1. The van der Waals surface area contributed by atoms with Crippen LogP contribution in [0.3, 0.4) is 0 Å². The van der Waals surface area contributed by atoms with Crippen LogP contribution in [0.2, 0.25) is 0 Å². The van der Waals surface area contributed by atoms with E-state index in [2.05, 4.69) is 42.9 Å². The number of benzene rings is 1. The topological polar surface area (TPSA) is 74.5 Å². The molecule has 1 aliphatic heterocycles. The summed E-state index contributed by atoms with van der Waals surface area (Å²) in [6.07, 6.45) is 13.5. The lowest BCUT2D eigenvalue weighted by atomic mass is 9.97. The highest BCUT2D eigenvalue weighted by Gasteiger charge is 2.17. The summed E-state index contributed by atoms with van der Waals surface area (Å²) in [5.41, 5.74) is 8.85. The van der Waals surface area contributed by atoms with E-state index in [4.69, 9.17) is 4.74 Å². The molecule has 1 amide bonds. The van der Waals surface area contributed by atoms with Crippen LogP contribution in [0.25, 0.3) is 5.57 Å². The van der Waals surface area contributed by atoms with Crippen molar-refractivity contribution in [2.75, 3.05) is 6.61 Å². The van der Waals surface area contributed by atoms with Gasteiger partial charge in [-0.15, -0.1) is 5.73 Å². The zero-order valence-electron chi connectivity index (χ0n) is 22.4. The maximum Gasteiger partial charge on any atom is 0.229 e. The summed E-state index contributed by atoms with van der Waals surface area (Å²) < 4.78 is 5.19. The van der Waals surface area contributed by atoms with E-state index in [0.29, 0.717) is 30.3 Å². The number of nitriles is 1.